The zero-order valence-electron chi connectivity index (χ0n) is 20.7. The summed E-state index contributed by atoms with van der Waals surface area (Å²) in [6.07, 6.45) is 1.84. The summed E-state index contributed by atoms with van der Waals surface area (Å²) in [7, 11) is 0. The molecule has 0 unspecified atom stereocenters. The minimum atomic E-state index is -0.690. The van der Waals surface area contributed by atoms with Gasteiger partial charge in [0.25, 0.3) is 5.91 Å². The van der Waals surface area contributed by atoms with Crippen LogP contribution in [0.25, 0.3) is 0 Å². The van der Waals surface area contributed by atoms with Gasteiger partial charge in [-0.2, -0.15) is 0 Å². The molecule has 7 nitrogen and oxygen atoms in total. The van der Waals surface area contributed by atoms with Crippen LogP contribution in [0.15, 0.2) is 77.3 Å². The number of esters is 1. The number of anilines is 2. The topological polar surface area (TPSA) is 92.8 Å². The molecule has 9 heteroatoms. The fourth-order valence-corrected chi connectivity index (χ4v) is 6.96. The smallest absolute Gasteiger partial charge is 0.338 e. The highest BCUT2D eigenvalue weighted by Crippen LogP contribution is 2.61. The number of nitrogens with one attached hydrogen (secondary N) is 1. The quantitative estimate of drug-likeness (QED) is 0.281. The van der Waals surface area contributed by atoms with E-state index in [-0.39, 0.29) is 41.0 Å². The van der Waals surface area contributed by atoms with Crippen LogP contribution in [-0.4, -0.2) is 30.3 Å². The lowest BCUT2D eigenvalue weighted by Gasteiger charge is -2.28. The molecule has 1 aliphatic heterocycles. The third kappa shape index (κ3) is 4.66. The van der Waals surface area contributed by atoms with E-state index in [0.717, 1.165) is 12.8 Å². The van der Waals surface area contributed by atoms with Gasteiger partial charge in [-0.25, -0.2) is 4.79 Å². The Labute approximate surface area is 238 Å². The van der Waals surface area contributed by atoms with Gasteiger partial charge < -0.3 is 10.1 Å². The van der Waals surface area contributed by atoms with Crippen molar-refractivity contribution in [2.45, 2.75) is 18.8 Å². The molecule has 0 radical (unpaired) electrons. The normalized spacial score (nSPS) is 25.1. The molecule has 198 valence electrons. The van der Waals surface area contributed by atoms with E-state index in [1.54, 1.807) is 30.3 Å². The maximum Gasteiger partial charge on any atom is 0.338 e. The molecule has 3 aromatic rings. The van der Waals surface area contributed by atoms with Gasteiger partial charge in [-0.15, -0.1) is 0 Å². The Bertz CT molecular complexity index is 1480. The summed E-state index contributed by atoms with van der Waals surface area (Å²) in [4.78, 5) is 52.9. The third-order valence-electron chi connectivity index (χ3n) is 8.14. The number of hydrogen-bond donors (Lipinski definition) is 1. The van der Waals surface area contributed by atoms with Crippen molar-refractivity contribution in [2.24, 2.45) is 23.7 Å². The first-order valence-electron chi connectivity index (χ1n) is 12.8. The van der Waals surface area contributed by atoms with Crippen molar-refractivity contribution in [3.05, 3.63) is 93.4 Å². The lowest BCUT2D eigenvalue weighted by Crippen LogP contribution is -2.33. The zero-order valence-corrected chi connectivity index (χ0v) is 23.0. The SMILES string of the molecule is O=C(COC(=O)c1ccc(N2C(=O)[C@@H]3[C@@H]4C[C@@H]([C@@H]3C2=O)[C@@H](c2ccccc2)C4)cc1)Nc1ccc(Br)c(Cl)c1. The van der Waals surface area contributed by atoms with Gasteiger partial charge >= 0.3 is 5.97 Å². The van der Waals surface area contributed by atoms with Crippen LogP contribution >= 0.6 is 27.5 Å². The number of fused-ring (bicyclic) bond motifs is 5. The second-order valence-electron chi connectivity index (χ2n) is 10.3. The minimum Gasteiger partial charge on any atom is -0.452 e. The van der Waals surface area contributed by atoms with Crippen LogP contribution in [0.3, 0.4) is 0 Å². The molecular weight excluding hydrogens is 584 g/mol. The molecule has 3 fully saturated rings. The van der Waals surface area contributed by atoms with Crippen molar-refractivity contribution in [3.63, 3.8) is 0 Å². The number of imide groups is 1. The van der Waals surface area contributed by atoms with Gasteiger partial charge in [-0.05, 0) is 94.6 Å². The van der Waals surface area contributed by atoms with Crippen LogP contribution in [0.2, 0.25) is 5.02 Å². The van der Waals surface area contributed by atoms with Crippen LogP contribution < -0.4 is 10.2 Å². The van der Waals surface area contributed by atoms with Gasteiger partial charge in [-0.1, -0.05) is 41.9 Å². The number of carbonyl (C=O) groups is 4. The average Bonchev–Trinajstić information content (AvgIpc) is 3.61. The molecular formula is C30H24BrClN2O5. The lowest BCUT2D eigenvalue weighted by atomic mass is 9.73. The van der Waals surface area contributed by atoms with Crippen LogP contribution in [-0.2, 0) is 19.1 Å². The highest BCUT2D eigenvalue weighted by molar-refractivity contribution is 9.10. The van der Waals surface area contributed by atoms with Gasteiger partial charge in [0.05, 0.1) is 28.1 Å². The number of amides is 3. The van der Waals surface area contributed by atoms with Gasteiger partial charge in [0.15, 0.2) is 6.61 Å². The van der Waals surface area contributed by atoms with Crippen molar-refractivity contribution in [1.82, 2.24) is 0 Å². The van der Waals surface area contributed by atoms with E-state index in [4.69, 9.17) is 16.3 Å². The third-order valence-corrected chi connectivity index (χ3v) is 9.37. The molecule has 3 amide bonds. The van der Waals surface area contributed by atoms with Gasteiger partial charge in [-0.3, -0.25) is 19.3 Å². The summed E-state index contributed by atoms with van der Waals surface area (Å²) in [6, 6.07) is 21.3. The molecule has 1 heterocycles. The van der Waals surface area contributed by atoms with Crippen LogP contribution in [0, 0.1) is 23.7 Å². The molecule has 3 aromatic carbocycles. The molecule has 2 saturated carbocycles. The summed E-state index contributed by atoms with van der Waals surface area (Å²) in [6.45, 7) is -0.480. The number of benzene rings is 3. The molecule has 0 spiro atoms. The van der Waals surface area contributed by atoms with E-state index in [1.807, 2.05) is 18.2 Å². The summed E-state index contributed by atoms with van der Waals surface area (Å²) in [5, 5.41) is 3.05. The van der Waals surface area contributed by atoms with Crippen molar-refractivity contribution in [1.29, 1.82) is 0 Å². The highest BCUT2D eigenvalue weighted by Gasteiger charge is 2.64. The first-order valence-corrected chi connectivity index (χ1v) is 13.9. The number of rotatable bonds is 6. The van der Waals surface area contributed by atoms with Crippen molar-refractivity contribution >= 4 is 62.6 Å². The summed E-state index contributed by atoms with van der Waals surface area (Å²) in [5.74, 6) is -1.41. The van der Waals surface area contributed by atoms with E-state index in [0.29, 0.717) is 26.8 Å². The van der Waals surface area contributed by atoms with Gasteiger partial charge in [0, 0.05) is 10.2 Å². The predicted octanol–water partition coefficient (Wildman–Crippen LogP) is 5.83. The molecule has 6 rings (SSSR count). The summed E-state index contributed by atoms with van der Waals surface area (Å²) < 4.78 is 5.83. The molecule has 2 bridgehead atoms. The maximum absolute atomic E-state index is 13.5. The second kappa shape index (κ2) is 10.2. The second-order valence-corrected chi connectivity index (χ2v) is 11.5. The van der Waals surface area contributed by atoms with Crippen LogP contribution in [0.4, 0.5) is 11.4 Å². The minimum absolute atomic E-state index is 0.149. The monoisotopic (exact) mass is 606 g/mol. The number of carbonyl (C=O) groups excluding carboxylic acids is 4. The number of halogens is 2. The molecule has 1 N–H and O–H groups in total. The predicted molar refractivity (Wildman–Crippen MR) is 149 cm³/mol. The standard InChI is InChI=1S/C30H24BrClN2O5/c31-23-11-8-19(14-24(23)32)33-25(35)15-39-30(38)17-6-9-20(10-7-17)34-28(36)26-18-12-21(16-4-2-1-3-5-16)22(13-18)27(26)29(34)37/h1-11,14,18,21-22,26-27H,12-13,15H2,(H,33,35)/t18-,21+,22+,26+,27-/m0/s1. The molecule has 5 atom stereocenters. The van der Waals surface area contributed by atoms with Crippen LogP contribution in [0.5, 0.6) is 0 Å². The van der Waals surface area contributed by atoms with Crippen molar-refractivity contribution in [2.75, 3.05) is 16.8 Å². The number of hydrogen-bond acceptors (Lipinski definition) is 5. The Morgan fingerprint density at radius 1 is 0.949 bits per heavy atom. The molecule has 39 heavy (non-hydrogen) atoms. The maximum atomic E-state index is 13.5. The first kappa shape index (κ1) is 25.8. The fourth-order valence-electron chi connectivity index (χ4n) is 6.53. The average molecular weight is 608 g/mol. The lowest BCUT2D eigenvalue weighted by molar-refractivity contribution is -0.123. The number of nitrogens with zero attached hydrogens (tertiary/aromatic N) is 1. The Morgan fingerprint density at radius 2 is 1.67 bits per heavy atom. The summed E-state index contributed by atoms with van der Waals surface area (Å²) >= 11 is 9.31. The Morgan fingerprint density at radius 3 is 2.38 bits per heavy atom. The highest BCUT2D eigenvalue weighted by atomic mass is 79.9. The summed E-state index contributed by atoms with van der Waals surface area (Å²) in [5.41, 5.74) is 2.36. The van der Waals surface area contributed by atoms with E-state index < -0.39 is 18.5 Å². The Kier molecular flexibility index (Phi) is 6.77. The molecule has 1 saturated heterocycles. The fraction of sp³-hybridized carbons (Fsp3) is 0.267. The Balaban J connectivity index is 1.09. The van der Waals surface area contributed by atoms with E-state index in [2.05, 4.69) is 33.4 Å². The van der Waals surface area contributed by atoms with Gasteiger partial charge in [0.1, 0.15) is 0 Å². The van der Waals surface area contributed by atoms with E-state index >= 15 is 0 Å². The first-order chi connectivity index (χ1) is 18.8. The largest absolute Gasteiger partial charge is 0.452 e. The van der Waals surface area contributed by atoms with Crippen LogP contribution in [0.1, 0.15) is 34.7 Å². The zero-order chi connectivity index (χ0) is 27.3. The van der Waals surface area contributed by atoms with Gasteiger partial charge in [0.2, 0.25) is 11.8 Å². The molecule has 3 aliphatic rings. The Hall–Kier alpha value is -3.49. The van der Waals surface area contributed by atoms with E-state index in [1.165, 1.54) is 22.6 Å². The number of ether oxygens (including phenoxy) is 1. The van der Waals surface area contributed by atoms with Crippen molar-refractivity contribution in [3.8, 4) is 0 Å². The van der Waals surface area contributed by atoms with Crippen molar-refractivity contribution < 1.29 is 23.9 Å². The molecule has 0 aromatic heterocycles. The van der Waals surface area contributed by atoms with E-state index in [9.17, 15) is 19.2 Å². The molecule has 2 aliphatic carbocycles.